The van der Waals surface area contributed by atoms with Gasteiger partial charge in [-0.2, -0.15) is 0 Å². The van der Waals surface area contributed by atoms with Crippen LogP contribution < -0.4 is 5.32 Å². The number of allylic oxidation sites excluding steroid dienone is 2. The van der Waals surface area contributed by atoms with Crippen LogP contribution in [0.4, 0.5) is 0 Å². The quantitative estimate of drug-likeness (QED) is 0.532. The number of benzene rings is 1. The summed E-state index contributed by atoms with van der Waals surface area (Å²) in [5, 5.41) is 2.99. The number of likely N-dealkylation sites (tertiary alicyclic amines) is 1. The Kier molecular flexibility index (Phi) is 7.28. The monoisotopic (exact) mass is 427 g/mol. The summed E-state index contributed by atoms with van der Waals surface area (Å²) in [7, 11) is 0. The van der Waals surface area contributed by atoms with Crippen molar-refractivity contribution < 1.29 is 9.59 Å². The van der Waals surface area contributed by atoms with Gasteiger partial charge in [0.25, 0.3) is 5.91 Å². The molecule has 0 saturated carbocycles. The molecule has 0 unspecified atom stereocenters. The van der Waals surface area contributed by atoms with Crippen LogP contribution in [0.1, 0.15) is 24.1 Å². The number of hydrogen-bond donors (Lipinski definition) is 1. The molecule has 1 aromatic carbocycles. The highest BCUT2D eigenvalue weighted by molar-refractivity contribution is 8.03. The second-order valence-corrected chi connectivity index (χ2v) is 8.51. The van der Waals surface area contributed by atoms with Crippen molar-refractivity contribution in [2.45, 2.75) is 32.4 Å². The molecule has 1 atom stereocenters. The van der Waals surface area contributed by atoms with Gasteiger partial charge >= 0.3 is 0 Å². The first kappa shape index (κ1) is 21.3. The highest BCUT2D eigenvalue weighted by Crippen LogP contribution is 2.27. The van der Waals surface area contributed by atoms with E-state index in [4.69, 9.17) is 0 Å². The van der Waals surface area contributed by atoms with Gasteiger partial charge in [0.05, 0.1) is 21.0 Å². The topological polar surface area (TPSA) is 62.3 Å². The molecule has 1 N–H and O–H groups in total. The average molecular weight is 428 g/mol. The molecule has 5 nitrogen and oxygen atoms in total. The lowest BCUT2D eigenvalue weighted by molar-refractivity contribution is -0.135. The maximum atomic E-state index is 12.7. The number of aryl methyl sites for hydroxylation is 1. The maximum Gasteiger partial charge on any atom is 0.260 e. The molecule has 0 spiro atoms. The van der Waals surface area contributed by atoms with Crippen molar-refractivity contribution in [3.63, 3.8) is 0 Å². The van der Waals surface area contributed by atoms with Crippen molar-refractivity contribution >= 4 is 34.9 Å². The van der Waals surface area contributed by atoms with E-state index in [0.717, 1.165) is 28.1 Å². The normalized spacial score (nSPS) is 16.7. The summed E-state index contributed by atoms with van der Waals surface area (Å²) in [6.07, 6.45) is 6.69. The first-order valence-corrected chi connectivity index (χ1v) is 11.6. The van der Waals surface area contributed by atoms with Gasteiger partial charge in [0, 0.05) is 13.1 Å². The SMILES string of the molecule is C=C/C=C(\SC)C(=O)N1CCC[C@H]1C(=O)NCc1ccc(-c2scnc2C)cc1. The number of hydrogen-bond acceptors (Lipinski definition) is 5. The molecule has 7 heteroatoms. The summed E-state index contributed by atoms with van der Waals surface area (Å²) in [6, 6.07) is 7.73. The Morgan fingerprint density at radius 2 is 2.14 bits per heavy atom. The predicted molar refractivity (Wildman–Crippen MR) is 121 cm³/mol. The number of thioether (sulfide) groups is 1. The van der Waals surface area contributed by atoms with Crippen LogP contribution in [0.2, 0.25) is 0 Å². The van der Waals surface area contributed by atoms with Crippen molar-refractivity contribution in [2.24, 2.45) is 0 Å². The Morgan fingerprint density at radius 1 is 1.38 bits per heavy atom. The number of aromatic nitrogens is 1. The van der Waals surface area contributed by atoms with Gasteiger partial charge in [0.1, 0.15) is 6.04 Å². The lowest BCUT2D eigenvalue weighted by atomic mass is 10.1. The minimum absolute atomic E-state index is 0.0978. The van der Waals surface area contributed by atoms with E-state index in [2.05, 4.69) is 29.0 Å². The summed E-state index contributed by atoms with van der Waals surface area (Å²) < 4.78 is 0. The van der Waals surface area contributed by atoms with Crippen LogP contribution in [0.25, 0.3) is 10.4 Å². The summed E-state index contributed by atoms with van der Waals surface area (Å²) in [5.41, 5.74) is 5.03. The predicted octanol–water partition coefficient (Wildman–Crippen LogP) is 4.16. The number of carbonyl (C=O) groups excluding carboxylic acids is 2. The molecule has 2 aromatic rings. The zero-order valence-electron chi connectivity index (χ0n) is 16.7. The molecule has 1 aliphatic rings. The van der Waals surface area contributed by atoms with Crippen LogP contribution >= 0.6 is 23.1 Å². The van der Waals surface area contributed by atoms with E-state index in [1.54, 1.807) is 28.4 Å². The highest BCUT2D eigenvalue weighted by atomic mass is 32.2. The van der Waals surface area contributed by atoms with Gasteiger partial charge in [-0.1, -0.05) is 36.9 Å². The molecule has 0 aliphatic carbocycles. The minimum Gasteiger partial charge on any atom is -0.350 e. The second kappa shape index (κ2) is 9.89. The molecule has 2 amide bonds. The van der Waals surface area contributed by atoms with Gasteiger partial charge in [0.15, 0.2) is 0 Å². The zero-order chi connectivity index (χ0) is 20.8. The first-order valence-electron chi connectivity index (χ1n) is 9.50. The Morgan fingerprint density at radius 3 is 2.76 bits per heavy atom. The van der Waals surface area contributed by atoms with Crippen LogP contribution in [0.5, 0.6) is 0 Å². The number of rotatable bonds is 7. The Bertz CT molecular complexity index is 918. The summed E-state index contributed by atoms with van der Waals surface area (Å²) in [6.45, 7) is 6.71. The second-order valence-electron chi connectivity index (χ2n) is 6.81. The van der Waals surface area contributed by atoms with Crippen LogP contribution in [-0.2, 0) is 16.1 Å². The number of thiazole rings is 1. The Balaban J connectivity index is 1.61. The molecule has 2 heterocycles. The third-order valence-corrected chi connectivity index (χ3v) is 6.67. The standard InChI is InChI=1S/C22H25N3O2S2/c1-4-6-19(28-3)22(27)25-12-5-7-18(25)21(26)23-13-16-8-10-17(11-9-16)20-15(2)24-14-29-20/h4,6,8-11,14,18H,1,5,7,12-13H2,2-3H3,(H,23,26)/b19-6-/t18-/m0/s1. The first-order chi connectivity index (χ1) is 14.0. The highest BCUT2D eigenvalue weighted by Gasteiger charge is 2.34. The van der Waals surface area contributed by atoms with Crippen molar-refractivity contribution in [3.8, 4) is 10.4 Å². The molecule has 3 rings (SSSR count). The molecule has 1 aliphatic heterocycles. The molecular weight excluding hydrogens is 402 g/mol. The lowest BCUT2D eigenvalue weighted by Gasteiger charge is -2.24. The van der Waals surface area contributed by atoms with Gasteiger partial charge in [-0.05, 0) is 43.2 Å². The maximum absolute atomic E-state index is 12.7. The molecule has 1 saturated heterocycles. The number of nitrogens with one attached hydrogen (secondary N) is 1. The zero-order valence-corrected chi connectivity index (χ0v) is 18.3. The number of nitrogens with zero attached hydrogens (tertiary/aromatic N) is 2. The molecule has 152 valence electrons. The Hall–Kier alpha value is -2.38. The number of amides is 2. The fourth-order valence-corrected chi connectivity index (χ4v) is 4.75. The van der Waals surface area contributed by atoms with Crippen molar-refractivity contribution in [2.75, 3.05) is 12.8 Å². The molecule has 1 aromatic heterocycles. The summed E-state index contributed by atoms with van der Waals surface area (Å²) >= 11 is 3.00. The van der Waals surface area contributed by atoms with Crippen molar-refractivity contribution in [1.29, 1.82) is 0 Å². The van der Waals surface area contributed by atoms with E-state index in [0.29, 0.717) is 24.4 Å². The van der Waals surface area contributed by atoms with Crippen LogP contribution in [0.3, 0.4) is 0 Å². The molecule has 0 bridgehead atoms. The van der Waals surface area contributed by atoms with Gasteiger partial charge in [-0.15, -0.1) is 23.1 Å². The van der Waals surface area contributed by atoms with Crippen LogP contribution in [0, 0.1) is 6.92 Å². The third-order valence-electron chi connectivity index (χ3n) is 4.94. The van der Waals surface area contributed by atoms with Gasteiger partial charge < -0.3 is 10.2 Å². The number of carbonyl (C=O) groups is 2. The average Bonchev–Trinajstić information content (AvgIpc) is 3.39. The minimum atomic E-state index is -0.415. The van der Waals surface area contributed by atoms with E-state index >= 15 is 0 Å². The van der Waals surface area contributed by atoms with E-state index in [9.17, 15) is 9.59 Å². The van der Waals surface area contributed by atoms with E-state index in [1.807, 2.05) is 30.8 Å². The van der Waals surface area contributed by atoms with Crippen LogP contribution in [-0.4, -0.2) is 40.5 Å². The van der Waals surface area contributed by atoms with Crippen molar-refractivity contribution in [1.82, 2.24) is 15.2 Å². The lowest BCUT2D eigenvalue weighted by Crippen LogP contribution is -2.46. The fourth-order valence-electron chi connectivity index (χ4n) is 3.42. The summed E-state index contributed by atoms with van der Waals surface area (Å²) in [5.74, 6) is -0.198. The molecule has 1 fully saturated rings. The third kappa shape index (κ3) is 4.97. The summed E-state index contributed by atoms with van der Waals surface area (Å²) in [4.78, 5) is 33.2. The fraction of sp³-hybridized carbons (Fsp3) is 0.318. The van der Waals surface area contributed by atoms with Crippen molar-refractivity contribution in [3.05, 3.63) is 64.7 Å². The van der Waals surface area contributed by atoms with Crippen LogP contribution in [0.15, 0.2) is 53.4 Å². The molecule has 0 radical (unpaired) electrons. The van der Waals surface area contributed by atoms with Gasteiger partial charge in [0.2, 0.25) is 5.91 Å². The molecule has 29 heavy (non-hydrogen) atoms. The smallest absolute Gasteiger partial charge is 0.260 e. The van der Waals surface area contributed by atoms with E-state index in [1.165, 1.54) is 11.8 Å². The largest absolute Gasteiger partial charge is 0.350 e. The Labute approximate surface area is 179 Å². The van der Waals surface area contributed by atoms with Gasteiger partial charge in [-0.3, -0.25) is 9.59 Å². The van der Waals surface area contributed by atoms with Gasteiger partial charge in [-0.25, -0.2) is 4.98 Å². The molecular formula is C22H25N3O2S2. The van der Waals surface area contributed by atoms with E-state index in [-0.39, 0.29) is 11.8 Å². The van der Waals surface area contributed by atoms with E-state index < -0.39 is 6.04 Å².